The van der Waals surface area contributed by atoms with Gasteiger partial charge in [0.15, 0.2) is 11.4 Å². The van der Waals surface area contributed by atoms with Crippen molar-refractivity contribution in [2.24, 2.45) is 0 Å². The normalized spacial score (nSPS) is 11.2. The number of aromatic hydroxyl groups is 1. The maximum atomic E-state index is 12.3. The summed E-state index contributed by atoms with van der Waals surface area (Å²) in [4.78, 5) is 12.3. The van der Waals surface area contributed by atoms with Gasteiger partial charge in [-0.2, -0.15) is 5.10 Å². The molecule has 0 radical (unpaired) electrons. The smallest absolute Gasteiger partial charge is 0.360 e. The number of pyridine rings is 1. The summed E-state index contributed by atoms with van der Waals surface area (Å²) < 4.78 is 6.48. The van der Waals surface area contributed by atoms with Gasteiger partial charge >= 0.3 is 5.97 Å². The minimum atomic E-state index is -0.612. The number of hydrogen-bond donors (Lipinski definition) is 1. The van der Waals surface area contributed by atoms with Gasteiger partial charge in [0.1, 0.15) is 0 Å². The molecule has 6 heteroatoms. The van der Waals surface area contributed by atoms with Crippen molar-refractivity contribution < 1.29 is 14.6 Å². The summed E-state index contributed by atoms with van der Waals surface area (Å²) in [5.74, 6) is -0.758. The lowest BCUT2D eigenvalue weighted by atomic mass is 10.00. The first kappa shape index (κ1) is 16.4. The molecule has 0 aliphatic rings. The van der Waals surface area contributed by atoms with Crippen LogP contribution in [0.15, 0.2) is 54.7 Å². The van der Waals surface area contributed by atoms with Crippen molar-refractivity contribution in [2.45, 2.75) is 6.92 Å². The zero-order chi connectivity index (χ0) is 18.3. The molecule has 5 nitrogen and oxygen atoms in total. The highest BCUT2D eigenvalue weighted by Crippen LogP contribution is 2.35. The minimum absolute atomic E-state index is 0.0230. The summed E-state index contributed by atoms with van der Waals surface area (Å²) in [6.45, 7) is 1.93. The van der Waals surface area contributed by atoms with E-state index in [1.54, 1.807) is 25.3 Å². The number of ether oxygens (including phenoxy) is 1. The van der Waals surface area contributed by atoms with Crippen LogP contribution in [-0.2, 0) is 4.74 Å². The third-order valence-corrected chi connectivity index (χ3v) is 4.49. The van der Waals surface area contributed by atoms with Crippen LogP contribution in [0.25, 0.3) is 27.4 Å². The van der Waals surface area contributed by atoms with Crippen LogP contribution < -0.4 is 0 Å². The molecule has 0 saturated carbocycles. The number of nitrogens with zero attached hydrogens (tertiary/aromatic N) is 2. The van der Waals surface area contributed by atoms with Gasteiger partial charge in [-0.25, -0.2) is 9.31 Å². The lowest BCUT2D eigenvalue weighted by Gasteiger charge is -2.12. The molecule has 0 spiro atoms. The van der Waals surface area contributed by atoms with E-state index in [-0.39, 0.29) is 18.1 Å². The van der Waals surface area contributed by atoms with E-state index >= 15 is 0 Å². The molecule has 0 saturated heterocycles. The predicted molar refractivity (Wildman–Crippen MR) is 101 cm³/mol. The molecule has 0 bridgehead atoms. The van der Waals surface area contributed by atoms with E-state index in [1.165, 1.54) is 4.52 Å². The fourth-order valence-corrected chi connectivity index (χ4v) is 3.30. The topological polar surface area (TPSA) is 63.8 Å². The molecule has 2 heterocycles. The molecule has 0 unspecified atom stereocenters. The number of carbonyl (C=O) groups excluding carboxylic acids is 1. The van der Waals surface area contributed by atoms with Crippen molar-refractivity contribution in [1.29, 1.82) is 0 Å². The number of halogens is 1. The molecule has 26 heavy (non-hydrogen) atoms. The molecule has 0 aliphatic carbocycles. The number of aromatic nitrogens is 2. The second-order valence-electron chi connectivity index (χ2n) is 5.82. The Labute approximate surface area is 154 Å². The molecule has 130 valence electrons. The number of hydrogen-bond acceptors (Lipinski definition) is 4. The first-order valence-corrected chi connectivity index (χ1v) is 8.53. The van der Waals surface area contributed by atoms with Crippen molar-refractivity contribution in [2.75, 3.05) is 6.61 Å². The van der Waals surface area contributed by atoms with Crippen molar-refractivity contribution >= 4 is 33.9 Å². The van der Waals surface area contributed by atoms with E-state index in [0.717, 1.165) is 16.5 Å². The van der Waals surface area contributed by atoms with Gasteiger partial charge < -0.3 is 9.84 Å². The van der Waals surface area contributed by atoms with Crippen LogP contribution in [0.1, 0.15) is 17.4 Å². The number of rotatable bonds is 3. The van der Waals surface area contributed by atoms with Crippen molar-refractivity contribution in [3.8, 4) is 16.9 Å². The number of benzene rings is 2. The van der Waals surface area contributed by atoms with E-state index in [2.05, 4.69) is 5.10 Å². The highest BCUT2D eigenvalue weighted by atomic mass is 35.5. The van der Waals surface area contributed by atoms with Crippen LogP contribution in [0.2, 0.25) is 5.02 Å². The number of fused-ring (bicyclic) bond motifs is 3. The highest BCUT2D eigenvalue weighted by molar-refractivity contribution is 6.30. The fourth-order valence-electron chi connectivity index (χ4n) is 3.11. The Morgan fingerprint density at radius 1 is 1.15 bits per heavy atom. The highest BCUT2D eigenvalue weighted by Gasteiger charge is 2.22. The average molecular weight is 367 g/mol. The monoisotopic (exact) mass is 366 g/mol. The van der Waals surface area contributed by atoms with Crippen molar-refractivity contribution in [3.05, 3.63) is 65.4 Å². The van der Waals surface area contributed by atoms with E-state index in [9.17, 15) is 9.90 Å². The first-order chi connectivity index (χ1) is 12.6. The lowest BCUT2D eigenvalue weighted by Crippen LogP contribution is -2.11. The molecule has 0 atom stereocenters. The molecular formula is C20H15ClN2O3. The third kappa shape index (κ3) is 2.57. The average Bonchev–Trinajstić information content (AvgIpc) is 3.11. The molecular weight excluding hydrogens is 352 g/mol. The first-order valence-electron chi connectivity index (χ1n) is 8.15. The van der Waals surface area contributed by atoms with Crippen molar-refractivity contribution in [1.82, 2.24) is 9.61 Å². The Bertz CT molecular complexity index is 1150. The Hall–Kier alpha value is -3.05. The van der Waals surface area contributed by atoms with Crippen LogP contribution >= 0.6 is 11.6 Å². The van der Waals surface area contributed by atoms with Crippen LogP contribution in [0, 0.1) is 0 Å². The van der Waals surface area contributed by atoms with Gasteiger partial charge in [-0.05, 0) is 48.4 Å². The quantitative estimate of drug-likeness (QED) is 0.534. The summed E-state index contributed by atoms with van der Waals surface area (Å²) in [6.07, 6.45) is 1.59. The Morgan fingerprint density at radius 3 is 2.73 bits per heavy atom. The predicted octanol–water partition coefficient (Wildman–Crippen LogP) is 4.69. The van der Waals surface area contributed by atoms with Crippen molar-refractivity contribution in [3.63, 3.8) is 0 Å². The van der Waals surface area contributed by atoms with Crippen LogP contribution in [0.4, 0.5) is 0 Å². The maximum Gasteiger partial charge on any atom is 0.360 e. The van der Waals surface area contributed by atoms with Gasteiger partial charge in [0, 0.05) is 15.8 Å². The van der Waals surface area contributed by atoms with Crippen LogP contribution in [0.5, 0.6) is 5.75 Å². The molecule has 2 aromatic carbocycles. The largest absolute Gasteiger partial charge is 0.505 e. The van der Waals surface area contributed by atoms with Gasteiger partial charge in [-0.3, -0.25) is 0 Å². The van der Waals surface area contributed by atoms with Crippen LogP contribution in [0.3, 0.4) is 0 Å². The molecule has 0 fully saturated rings. The second kappa shape index (κ2) is 6.35. The Kier molecular flexibility index (Phi) is 4.01. The number of esters is 1. The minimum Gasteiger partial charge on any atom is -0.505 e. The van der Waals surface area contributed by atoms with E-state index in [4.69, 9.17) is 16.3 Å². The van der Waals surface area contributed by atoms with E-state index < -0.39 is 5.97 Å². The maximum absolute atomic E-state index is 12.3. The fraction of sp³-hybridized carbons (Fsp3) is 0.100. The summed E-state index contributed by atoms with van der Waals surface area (Å²) in [6, 6.07) is 15.0. The SMILES string of the molecule is CCOC(=O)c1c(O)c2ccc(-c3cccc(Cl)c3)cc2c2ccnn12. The van der Waals surface area contributed by atoms with Gasteiger partial charge in [-0.15, -0.1) is 0 Å². The van der Waals surface area contributed by atoms with Crippen LogP contribution in [-0.4, -0.2) is 27.3 Å². The van der Waals surface area contributed by atoms with E-state index in [0.29, 0.717) is 15.9 Å². The Balaban J connectivity index is 2.00. The summed E-state index contributed by atoms with van der Waals surface area (Å²) in [5, 5.41) is 16.9. The third-order valence-electron chi connectivity index (χ3n) is 4.26. The number of carbonyl (C=O) groups is 1. The molecule has 1 N–H and O–H groups in total. The standard InChI is InChI=1S/C20H15ClN2O3/c1-2-26-20(25)18-19(24)15-7-6-13(12-4-3-5-14(21)10-12)11-16(15)17-8-9-22-23(17)18/h3-11,24H,2H2,1H3. The van der Waals surface area contributed by atoms with Gasteiger partial charge in [-0.1, -0.05) is 29.8 Å². The molecule has 0 aliphatic heterocycles. The molecule has 4 rings (SSSR count). The molecule has 2 aromatic heterocycles. The van der Waals surface area contributed by atoms with E-state index in [1.807, 2.05) is 36.4 Å². The zero-order valence-electron chi connectivity index (χ0n) is 13.9. The van der Waals surface area contributed by atoms with Gasteiger partial charge in [0.25, 0.3) is 0 Å². The zero-order valence-corrected chi connectivity index (χ0v) is 14.7. The molecule has 4 aromatic rings. The summed E-state index contributed by atoms with van der Waals surface area (Å²) in [5.41, 5.74) is 2.65. The Morgan fingerprint density at radius 2 is 1.96 bits per heavy atom. The summed E-state index contributed by atoms with van der Waals surface area (Å²) >= 11 is 6.10. The lowest BCUT2D eigenvalue weighted by molar-refractivity contribution is 0.0513. The summed E-state index contributed by atoms with van der Waals surface area (Å²) in [7, 11) is 0. The van der Waals surface area contributed by atoms with Gasteiger partial charge in [0.2, 0.25) is 0 Å². The van der Waals surface area contributed by atoms with Gasteiger partial charge in [0.05, 0.1) is 18.3 Å². The molecule has 0 amide bonds. The second-order valence-corrected chi connectivity index (χ2v) is 6.25.